The van der Waals surface area contributed by atoms with Crippen LogP contribution >= 0.6 is 0 Å². The summed E-state index contributed by atoms with van der Waals surface area (Å²) >= 11 is 0. The van der Waals surface area contributed by atoms with E-state index in [0.29, 0.717) is 24.6 Å². The lowest BCUT2D eigenvalue weighted by Crippen LogP contribution is -2.32. The van der Waals surface area contributed by atoms with E-state index >= 15 is 0 Å². The number of hydrogen-bond acceptors (Lipinski definition) is 3. The lowest BCUT2D eigenvalue weighted by atomic mass is 10.1. The third kappa shape index (κ3) is 2.93. The maximum Gasteiger partial charge on any atom is 0.251 e. The van der Waals surface area contributed by atoms with E-state index in [1.807, 2.05) is 0 Å². The summed E-state index contributed by atoms with van der Waals surface area (Å²) in [7, 11) is 0. The van der Waals surface area contributed by atoms with Gasteiger partial charge in [-0.05, 0) is 36.6 Å². The highest BCUT2D eigenvalue weighted by atomic mass is 16.2. The fraction of sp³-hybridized carbons (Fsp3) is 0.429. The molecule has 1 heterocycles. The van der Waals surface area contributed by atoms with Gasteiger partial charge in [0.1, 0.15) is 0 Å². The molecule has 1 aromatic carbocycles. The zero-order chi connectivity index (χ0) is 13.2. The third-order valence-corrected chi connectivity index (χ3v) is 3.41. The Morgan fingerprint density at radius 2 is 2.16 bits per heavy atom. The Morgan fingerprint density at radius 3 is 2.95 bits per heavy atom. The molecule has 2 aliphatic rings. The predicted octanol–water partition coefficient (Wildman–Crippen LogP) is 0.663. The molecule has 1 aliphatic heterocycles. The fourth-order valence-electron chi connectivity index (χ4n) is 2.21. The van der Waals surface area contributed by atoms with Crippen LogP contribution in [0, 0.1) is 0 Å². The van der Waals surface area contributed by atoms with Gasteiger partial charge in [-0.25, -0.2) is 0 Å². The molecule has 1 saturated carbocycles. The quantitative estimate of drug-likeness (QED) is 0.680. The van der Waals surface area contributed by atoms with E-state index in [4.69, 9.17) is 0 Å². The molecule has 0 atom stereocenters. The van der Waals surface area contributed by atoms with E-state index in [0.717, 1.165) is 17.8 Å². The first-order chi connectivity index (χ1) is 9.22. The maximum atomic E-state index is 11.9. The van der Waals surface area contributed by atoms with Crippen molar-refractivity contribution in [2.75, 3.05) is 18.4 Å². The van der Waals surface area contributed by atoms with Crippen LogP contribution in [0.5, 0.6) is 0 Å². The highest BCUT2D eigenvalue weighted by Gasteiger charge is 2.20. The first-order valence-corrected chi connectivity index (χ1v) is 6.67. The molecule has 100 valence electrons. The number of amides is 2. The second-order valence-electron chi connectivity index (χ2n) is 5.08. The van der Waals surface area contributed by atoms with Crippen molar-refractivity contribution >= 4 is 17.5 Å². The van der Waals surface area contributed by atoms with E-state index in [9.17, 15) is 9.59 Å². The Labute approximate surface area is 111 Å². The third-order valence-electron chi connectivity index (χ3n) is 3.41. The molecule has 0 bridgehead atoms. The molecule has 5 nitrogen and oxygen atoms in total. The van der Waals surface area contributed by atoms with Crippen LogP contribution in [0.4, 0.5) is 5.69 Å². The van der Waals surface area contributed by atoms with Gasteiger partial charge in [0, 0.05) is 30.4 Å². The van der Waals surface area contributed by atoms with Gasteiger partial charge < -0.3 is 16.0 Å². The molecule has 0 aromatic heterocycles. The van der Waals surface area contributed by atoms with Crippen molar-refractivity contribution in [1.82, 2.24) is 10.6 Å². The molecule has 1 fully saturated rings. The first kappa shape index (κ1) is 12.2. The highest BCUT2D eigenvalue weighted by Crippen LogP contribution is 2.23. The maximum absolute atomic E-state index is 11.9. The summed E-state index contributed by atoms with van der Waals surface area (Å²) in [4.78, 5) is 23.2. The molecule has 1 aromatic rings. The van der Waals surface area contributed by atoms with Crippen LogP contribution in [-0.2, 0) is 11.2 Å². The smallest absolute Gasteiger partial charge is 0.251 e. The summed E-state index contributed by atoms with van der Waals surface area (Å²) in [6, 6.07) is 5.98. The topological polar surface area (TPSA) is 70.2 Å². The van der Waals surface area contributed by atoms with Crippen LogP contribution in [0.25, 0.3) is 0 Å². The summed E-state index contributed by atoms with van der Waals surface area (Å²) in [5, 5.41) is 8.97. The van der Waals surface area contributed by atoms with Gasteiger partial charge in [-0.15, -0.1) is 0 Å². The number of carbonyl (C=O) groups is 2. The van der Waals surface area contributed by atoms with Crippen molar-refractivity contribution in [2.24, 2.45) is 0 Å². The van der Waals surface area contributed by atoms with Gasteiger partial charge in [0.2, 0.25) is 5.91 Å². The minimum atomic E-state index is -0.0836. The summed E-state index contributed by atoms with van der Waals surface area (Å²) in [6.45, 7) is 1.44. The highest BCUT2D eigenvalue weighted by molar-refractivity contribution is 6.01. The lowest BCUT2D eigenvalue weighted by molar-refractivity contribution is -0.115. The fourth-order valence-corrected chi connectivity index (χ4v) is 2.21. The molecule has 1 aliphatic carbocycles. The van der Waals surface area contributed by atoms with Crippen LogP contribution in [0.2, 0.25) is 0 Å². The van der Waals surface area contributed by atoms with Gasteiger partial charge in [0.05, 0.1) is 6.42 Å². The second kappa shape index (κ2) is 5.01. The SMILES string of the molecule is O=C1Cc2cc(C(=O)NCCNC3CC3)ccc2N1. The number of rotatable bonds is 5. The standard InChI is InChI=1S/C14H17N3O2/c18-13-8-10-7-9(1-4-12(10)17-13)14(19)16-6-5-15-11-2-3-11/h1,4,7,11,15H,2-3,5-6,8H2,(H,16,19)(H,17,18). The van der Waals surface area contributed by atoms with E-state index in [1.54, 1.807) is 18.2 Å². The molecule has 0 unspecified atom stereocenters. The zero-order valence-electron chi connectivity index (χ0n) is 10.7. The van der Waals surface area contributed by atoms with Gasteiger partial charge in [0.25, 0.3) is 5.91 Å². The van der Waals surface area contributed by atoms with Crippen molar-refractivity contribution in [1.29, 1.82) is 0 Å². The van der Waals surface area contributed by atoms with E-state index in [1.165, 1.54) is 12.8 Å². The van der Waals surface area contributed by atoms with E-state index in [-0.39, 0.29) is 11.8 Å². The molecule has 3 rings (SSSR count). The van der Waals surface area contributed by atoms with Crippen LogP contribution in [0.1, 0.15) is 28.8 Å². The number of anilines is 1. The summed E-state index contributed by atoms with van der Waals surface area (Å²) < 4.78 is 0. The Bertz CT molecular complexity index is 523. The Balaban J connectivity index is 1.54. The van der Waals surface area contributed by atoms with E-state index < -0.39 is 0 Å². The average molecular weight is 259 g/mol. The number of benzene rings is 1. The molecule has 0 radical (unpaired) electrons. The summed E-state index contributed by atoms with van der Waals surface area (Å²) in [5.41, 5.74) is 2.33. The van der Waals surface area contributed by atoms with Gasteiger partial charge in [-0.2, -0.15) is 0 Å². The van der Waals surface area contributed by atoms with Crippen LogP contribution < -0.4 is 16.0 Å². The number of carbonyl (C=O) groups excluding carboxylic acids is 2. The van der Waals surface area contributed by atoms with Crippen molar-refractivity contribution in [3.05, 3.63) is 29.3 Å². The van der Waals surface area contributed by atoms with Crippen LogP contribution in [-0.4, -0.2) is 30.9 Å². The van der Waals surface area contributed by atoms with Crippen molar-refractivity contribution in [3.63, 3.8) is 0 Å². The molecular formula is C14H17N3O2. The van der Waals surface area contributed by atoms with Gasteiger partial charge in [-0.1, -0.05) is 0 Å². The van der Waals surface area contributed by atoms with Gasteiger partial charge in [-0.3, -0.25) is 9.59 Å². The molecule has 19 heavy (non-hydrogen) atoms. The summed E-state index contributed by atoms with van der Waals surface area (Å²) in [6.07, 6.45) is 2.86. The average Bonchev–Trinajstić information content (AvgIpc) is 3.13. The number of fused-ring (bicyclic) bond motifs is 1. The Kier molecular flexibility index (Phi) is 3.21. The second-order valence-corrected chi connectivity index (χ2v) is 5.08. The normalized spacial score (nSPS) is 16.9. The van der Waals surface area contributed by atoms with Crippen LogP contribution in [0.15, 0.2) is 18.2 Å². The van der Waals surface area contributed by atoms with Crippen molar-refractivity contribution < 1.29 is 9.59 Å². The van der Waals surface area contributed by atoms with Crippen LogP contribution in [0.3, 0.4) is 0 Å². The molecule has 3 N–H and O–H groups in total. The molecular weight excluding hydrogens is 242 g/mol. The lowest BCUT2D eigenvalue weighted by Gasteiger charge is -2.07. The molecule has 5 heteroatoms. The van der Waals surface area contributed by atoms with Crippen molar-refractivity contribution in [3.8, 4) is 0 Å². The minimum Gasteiger partial charge on any atom is -0.351 e. The van der Waals surface area contributed by atoms with Gasteiger partial charge in [0.15, 0.2) is 0 Å². The first-order valence-electron chi connectivity index (χ1n) is 6.67. The Morgan fingerprint density at radius 1 is 1.32 bits per heavy atom. The number of hydrogen-bond donors (Lipinski definition) is 3. The van der Waals surface area contributed by atoms with E-state index in [2.05, 4.69) is 16.0 Å². The van der Waals surface area contributed by atoms with Crippen molar-refractivity contribution in [2.45, 2.75) is 25.3 Å². The molecule has 0 spiro atoms. The Hall–Kier alpha value is -1.88. The number of nitrogens with one attached hydrogen (secondary N) is 3. The van der Waals surface area contributed by atoms with Gasteiger partial charge >= 0.3 is 0 Å². The predicted molar refractivity (Wildman–Crippen MR) is 72.1 cm³/mol. The minimum absolute atomic E-state index is 0.0128. The monoisotopic (exact) mass is 259 g/mol. The zero-order valence-corrected chi connectivity index (χ0v) is 10.7. The largest absolute Gasteiger partial charge is 0.351 e. The molecule has 0 saturated heterocycles. The molecule has 2 amide bonds. The summed E-state index contributed by atoms with van der Waals surface area (Å²) in [5.74, 6) is -0.0964.